The van der Waals surface area contributed by atoms with Crippen molar-refractivity contribution >= 4 is 22.7 Å². The molecule has 2 amide bonds. The second-order valence-electron chi connectivity index (χ2n) is 7.36. The maximum Gasteiger partial charge on any atom is 0.234 e. The van der Waals surface area contributed by atoms with E-state index in [1.165, 1.54) is 0 Å². The number of rotatable bonds is 2. The lowest BCUT2D eigenvalue weighted by atomic mass is 9.81. The fourth-order valence-electron chi connectivity index (χ4n) is 4.17. The minimum atomic E-state index is -0.825. The summed E-state index contributed by atoms with van der Waals surface area (Å²) in [5.41, 5.74) is 2.79. The van der Waals surface area contributed by atoms with Crippen molar-refractivity contribution in [2.45, 2.75) is 44.1 Å². The summed E-state index contributed by atoms with van der Waals surface area (Å²) < 4.78 is 0. The highest BCUT2D eigenvalue weighted by Gasteiger charge is 2.33. The van der Waals surface area contributed by atoms with Gasteiger partial charge in [0.15, 0.2) is 0 Å². The summed E-state index contributed by atoms with van der Waals surface area (Å²) in [7, 11) is 0. The van der Waals surface area contributed by atoms with Crippen LogP contribution in [-0.2, 0) is 15.2 Å². The Bertz CT molecular complexity index is 887. The van der Waals surface area contributed by atoms with Gasteiger partial charge in [0.25, 0.3) is 0 Å². The van der Waals surface area contributed by atoms with Gasteiger partial charge in [0.05, 0.1) is 17.0 Å². The topological polar surface area (TPSA) is 91.3 Å². The first-order chi connectivity index (χ1) is 12.5. The Morgan fingerprint density at radius 1 is 1.23 bits per heavy atom. The molecule has 2 saturated heterocycles. The van der Waals surface area contributed by atoms with Crippen molar-refractivity contribution in [3.8, 4) is 0 Å². The van der Waals surface area contributed by atoms with Crippen LogP contribution in [0.5, 0.6) is 0 Å². The average Bonchev–Trinajstić information content (AvgIpc) is 2.62. The number of aliphatic hydroxyl groups is 1. The molecular formula is C20H23N3O3. The van der Waals surface area contributed by atoms with Crippen molar-refractivity contribution < 1.29 is 14.7 Å². The molecule has 6 heteroatoms. The van der Waals surface area contributed by atoms with Crippen LogP contribution in [0.25, 0.3) is 10.9 Å². The van der Waals surface area contributed by atoms with Crippen LogP contribution >= 0.6 is 0 Å². The highest BCUT2D eigenvalue weighted by Crippen LogP contribution is 2.36. The zero-order valence-electron chi connectivity index (χ0n) is 14.8. The van der Waals surface area contributed by atoms with E-state index in [1.54, 1.807) is 6.20 Å². The Balaban J connectivity index is 1.76. The van der Waals surface area contributed by atoms with Gasteiger partial charge in [-0.05, 0) is 68.1 Å². The second kappa shape index (κ2) is 6.45. The molecule has 1 aromatic heterocycles. The standard InChI is InChI=1S/C20H23N3O3/c1-12-15-10-13(14-2-5-18(24)23-19(14)25)11-22-17(15)4-3-16(12)20(26)6-8-21-9-7-20/h3-4,10-11,14,21,26H,2,5-9H2,1H3,(H,23,24,25). The quantitative estimate of drug-likeness (QED) is 0.714. The highest BCUT2D eigenvalue weighted by molar-refractivity contribution is 6.01. The number of aromatic nitrogens is 1. The number of fused-ring (bicyclic) bond motifs is 1. The van der Waals surface area contributed by atoms with E-state index in [0.29, 0.717) is 25.7 Å². The van der Waals surface area contributed by atoms with Gasteiger partial charge in [-0.25, -0.2) is 0 Å². The van der Waals surface area contributed by atoms with E-state index in [2.05, 4.69) is 15.6 Å². The van der Waals surface area contributed by atoms with Crippen molar-refractivity contribution in [2.75, 3.05) is 13.1 Å². The average molecular weight is 353 g/mol. The number of hydrogen-bond acceptors (Lipinski definition) is 5. The SMILES string of the molecule is Cc1c(C2(O)CCNCC2)ccc2ncc(C3CCC(=O)NC3=O)cc12. The van der Waals surface area contributed by atoms with Gasteiger partial charge in [0.1, 0.15) is 0 Å². The summed E-state index contributed by atoms with van der Waals surface area (Å²) in [4.78, 5) is 28.1. The molecule has 1 aromatic carbocycles. The molecule has 2 aromatic rings. The van der Waals surface area contributed by atoms with E-state index in [9.17, 15) is 14.7 Å². The number of piperidine rings is 2. The van der Waals surface area contributed by atoms with Gasteiger partial charge in [0.2, 0.25) is 11.8 Å². The Labute approximate surface area is 152 Å². The predicted octanol–water partition coefficient (Wildman–Crippen LogP) is 1.63. The van der Waals surface area contributed by atoms with Crippen LogP contribution < -0.4 is 10.6 Å². The molecule has 0 saturated carbocycles. The minimum absolute atomic E-state index is 0.216. The molecular weight excluding hydrogens is 330 g/mol. The molecule has 3 N–H and O–H groups in total. The van der Waals surface area contributed by atoms with Gasteiger partial charge in [-0.15, -0.1) is 0 Å². The molecule has 26 heavy (non-hydrogen) atoms. The number of nitrogens with one attached hydrogen (secondary N) is 2. The number of amides is 2. The number of benzene rings is 1. The van der Waals surface area contributed by atoms with Gasteiger partial charge in [-0.1, -0.05) is 6.07 Å². The highest BCUT2D eigenvalue weighted by atomic mass is 16.3. The van der Waals surface area contributed by atoms with Crippen LogP contribution in [0, 0.1) is 6.92 Å². The van der Waals surface area contributed by atoms with E-state index in [4.69, 9.17) is 0 Å². The third-order valence-electron chi connectivity index (χ3n) is 5.73. The van der Waals surface area contributed by atoms with E-state index < -0.39 is 5.60 Å². The van der Waals surface area contributed by atoms with Gasteiger partial charge in [0, 0.05) is 18.0 Å². The molecule has 2 aliphatic rings. The predicted molar refractivity (Wildman–Crippen MR) is 97.6 cm³/mol. The monoisotopic (exact) mass is 353 g/mol. The molecule has 2 aliphatic heterocycles. The number of pyridine rings is 1. The zero-order valence-corrected chi connectivity index (χ0v) is 14.8. The molecule has 0 radical (unpaired) electrons. The van der Waals surface area contributed by atoms with Crippen LogP contribution in [0.15, 0.2) is 24.4 Å². The normalized spacial score (nSPS) is 23.1. The first kappa shape index (κ1) is 17.1. The van der Waals surface area contributed by atoms with Crippen LogP contribution in [0.2, 0.25) is 0 Å². The van der Waals surface area contributed by atoms with Gasteiger partial charge < -0.3 is 10.4 Å². The summed E-state index contributed by atoms with van der Waals surface area (Å²) in [5, 5.41) is 17.8. The first-order valence-corrected chi connectivity index (χ1v) is 9.14. The number of hydrogen-bond donors (Lipinski definition) is 3. The maximum absolute atomic E-state index is 12.2. The largest absolute Gasteiger partial charge is 0.385 e. The zero-order chi connectivity index (χ0) is 18.3. The summed E-state index contributed by atoms with van der Waals surface area (Å²) >= 11 is 0. The van der Waals surface area contributed by atoms with Crippen LogP contribution in [0.3, 0.4) is 0 Å². The Kier molecular flexibility index (Phi) is 4.25. The van der Waals surface area contributed by atoms with Crippen molar-refractivity contribution in [2.24, 2.45) is 0 Å². The fraction of sp³-hybridized carbons (Fsp3) is 0.450. The number of imide groups is 1. The first-order valence-electron chi connectivity index (χ1n) is 9.14. The molecule has 136 valence electrons. The second-order valence-corrected chi connectivity index (χ2v) is 7.36. The van der Waals surface area contributed by atoms with Crippen LogP contribution in [-0.4, -0.2) is 35.0 Å². The maximum atomic E-state index is 12.2. The van der Waals surface area contributed by atoms with Gasteiger partial charge in [-0.3, -0.25) is 19.9 Å². The van der Waals surface area contributed by atoms with E-state index in [-0.39, 0.29) is 17.7 Å². The Morgan fingerprint density at radius 2 is 2.00 bits per heavy atom. The number of carbonyl (C=O) groups excluding carboxylic acids is 2. The van der Waals surface area contributed by atoms with Crippen molar-refractivity contribution in [1.29, 1.82) is 0 Å². The lowest BCUT2D eigenvalue weighted by Gasteiger charge is -2.34. The Morgan fingerprint density at radius 3 is 2.73 bits per heavy atom. The van der Waals surface area contributed by atoms with Gasteiger partial charge in [-0.2, -0.15) is 0 Å². The van der Waals surface area contributed by atoms with E-state index in [0.717, 1.165) is 40.7 Å². The molecule has 0 aliphatic carbocycles. The Hall–Kier alpha value is -2.31. The molecule has 1 unspecified atom stereocenters. The molecule has 4 rings (SSSR count). The van der Waals surface area contributed by atoms with Gasteiger partial charge >= 0.3 is 0 Å². The number of nitrogens with zero attached hydrogens (tertiary/aromatic N) is 1. The number of carbonyl (C=O) groups is 2. The van der Waals surface area contributed by atoms with E-state index in [1.807, 2.05) is 25.1 Å². The molecule has 0 spiro atoms. The number of aryl methyl sites for hydroxylation is 1. The molecule has 2 fully saturated rings. The van der Waals surface area contributed by atoms with Crippen molar-refractivity contribution in [3.63, 3.8) is 0 Å². The van der Waals surface area contributed by atoms with E-state index >= 15 is 0 Å². The molecule has 3 heterocycles. The van der Waals surface area contributed by atoms with Crippen LogP contribution in [0.4, 0.5) is 0 Å². The lowest BCUT2D eigenvalue weighted by molar-refractivity contribution is -0.134. The molecule has 1 atom stereocenters. The van der Waals surface area contributed by atoms with Crippen LogP contribution in [0.1, 0.15) is 48.3 Å². The third-order valence-corrected chi connectivity index (χ3v) is 5.73. The summed E-state index contributed by atoms with van der Waals surface area (Å²) in [6.07, 6.45) is 3.94. The third kappa shape index (κ3) is 2.89. The fourth-order valence-corrected chi connectivity index (χ4v) is 4.17. The minimum Gasteiger partial charge on any atom is -0.385 e. The summed E-state index contributed by atoms with van der Waals surface area (Å²) in [5.74, 6) is -0.825. The summed E-state index contributed by atoms with van der Waals surface area (Å²) in [6.45, 7) is 3.60. The lowest BCUT2D eigenvalue weighted by Crippen LogP contribution is -2.40. The summed E-state index contributed by atoms with van der Waals surface area (Å²) in [6, 6.07) is 5.90. The smallest absolute Gasteiger partial charge is 0.234 e. The molecule has 6 nitrogen and oxygen atoms in total. The molecule has 0 bridgehead atoms. The van der Waals surface area contributed by atoms with Crippen molar-refractivity contribution in [1.82, 2.24) is 15.6 Å². The van der Waals surface area contributed by atoms with Crippen molar-refractivity contribution in [3.05, 3.63) is 41.1 Å².